The second kappa shape index (κ2) is 7.78. The smallest absolute Gasteiger partial charge is 0.241 e. The van der Waals surface area contributed by atoms with Crippen molar-refractivity contribution in [1.29, 1.82) is 0 Å². The molecule has 116 valence electrons. The van der Waals surface area contributed by atoms with E-state index in [-0.39, 0.29) is 17.7 Å². The summed E-state index contributed by atoms with van der Waals surface area (Å²) in [5.41, 5.74) is 8.13. The number of nitrogens with one attached hydrogen (secondary N) is 2. The van der Waals surface area contributed by atoms with Gasteiger partial charge >= 0.3 is 0 Å². The maximum atomic E-state index is 12.1. The monoisotopic (exact) mass is 291 g/mol. The van der Waals surface area contributed by atoms with Crippen LogP contribution in [0.3, 0.4) is 0 Å². The van der Waals surface area contributed by atoms with Gasteiger partial charge in [-0.2, -0.15) is 0 Å². The summed E-state index contributed by atoms with van der Waals surface area (Å²) in [6.07, 6.45) is 1.26. The fraction of sp³-hybridized carbons (Fsp3) is 0.500. The van der Waals surface area contributed by atoms with Gasteiger partial charge in [-0.05, 0) is 30.5 Å². The first kappa shape index (κ1) is 17.2. The van der Waals surface area contributed by atoms with E-state index in [4.69, 9.17) is 5.73 Å². The molecule has 0 saturated carbocycles. The summed E-state index contributed by atoms with van der Waals surface area (Å²) in [5, 5.41) is 5.66. The van der Waals surface area contributed by atoms with Crippen molar-refractivity contribution in [1.82, 2.24) is 0 Å². The maximum absolute atomic E-state index is 12.1. The van der Waals surface area contributed by atoms with E-state index in [1.54, 1.807) is 19.1 Å². The van der Waals surface area contributed by atoms with E-state index in [1.807, 2.05) is 26.8 Å². The number of hydrogen-bond acceptors (Lipinski definition) is 3. The average molecular weight is 291 g/mol. The topological polar surface area (TPSA) is 84.2 Å². The van der Waals surface area contributed by atoms with Gasteiger partial charge < -0.3 is 16.4 Å². The van der Waals surface area contributed by atoms with E-state index in [9.17, 15) is 9.59 Å². The van der Waals surface area contributed by atoms with Gasteiger partial charge in [0.05, 0.1) is 6.04 Å². The standard InChI is InChI=1S/C16H25N3O2/c1-5-10(3)15(17)16(21)19-13-9-7-8-12(11(13)4)18-14(20)6-2/h7-10,15H,5-6,17H2,1-4H3,(H,18,20)(H,19,21). The zero-order valence-corrected chi connectivity index (χ0v) is 13.2. The summed E-state index contributed by atoms with van der Waals surface area (Å²) in [4.78, 5) is 23.6. The molecule has 0 spiro atoms. The molecule has 5 heteroatoms. The lowest BCUT2D eigenvalue weighted by Crippen LogP contribution is -2.40. The number of rotatable bonds is 6. The molecular formula is C16H25N3O2. The van der Waals surface area contributed by atoms with Gasteiger partial charge in [0.15, 0.2) is 0 Å². The van der Waals surface area contributed by atoms with Crippen LogP contribution in [-0.2, 0) is 9.59 Å². The molecule has 0 saturated heterocycles. The van der Waals surface area contributed by atoms with Gasteiger partial charge in [0.25, 0.3) is 0 Å². The van der Waals surface area contributed by atoms with Crippen molar-refractivity contribution in [3.8, 4) is 0 Å². The van der Waals surface area contributed by atoms with Crippen molar-refractivity contribution in [2.24, 2.45) is 11.7 Å². The third-order valence-corrected chi connectivity index (χ3v) is 3.75. The molecule has 4 N–H and O–H groups in total. The lowest BCUT2D eigenvalue weighted by atomic mass is 9.99. The molecule has 1 aromatic rings. The number of amides is 2. The molecule has 0 heterocycles. The van der Waals surface area contributed by atoms with Crippen molar-refractivity contribution in [2.45, 2.75) is 46.6 Å². The number of carbonyl (C=O) groups is 2. The second-order valence-electron chi connectivity index (χ2n) is 5.28. The summed E-state index contributed by atoms with van der Waals surface area (Å²) in [7, 11) is 0. The van der Waals surface area contributed by atoms with E-state index in [1.165, 1.54) is 0 Å². The molecule has 2 atom stereocenters. The molecular weight excluding hydrogens is 266 g/mol. The van der Waals surface area contributed by atoms with E-state index < -0.39 is 6.04 Å². The Morgan fingerprint density at radius 2 is 1.76 bits per heavy atom. The van der Waals surface area contributed by atoms with Gasteiger partial charge in [-0.3, -0.25) is 9.59 Å². The number of benzene rings is 1. The Kier molecular flexibility index (Phi) is 6.37. The fourth-order valence-electron chi connectivity index (χ4n) is 1.87. The number of anilines is 2. The number of nitrogens with two attached hydrogens (primary N) is 1. The van der Waals surface area contributed by atoms with Crippen LogP contribution in [0.4, 0.5) is 11.4 Å². The first-order chi connectivity index (χ1) is 9.90. The van der Waals surface area contributed by atoms with Gasteiger partial charge in [0, 0.05) is 17.8 Å². The summed E-state index contributed by atoms with van der Waals surface area (Å²) >= 11 is 0. The molecule has 0 aliphatic carbocycles. The average Bonchev–Trinajstić information content (AvgIpc) is 2.49. The van der Waals surface area contributed by atoms with Crippen LogP contribution in [0.15, 0.2) is 18.2 Å². The predicted octanol–water partition coefficient (Wildman–Crippen LogP) is 2.66. The van der Waals surface area contributed by atoms with Crippen molar-refractivity contribution < 1.29 is 9.59 Å². The summed E-state index contributed by atoms with van der Waals surface area (Å²) in [6.45, 7) is 7.61. The Hall–Kier alpha value is -1.88. The number of hydrogen-bond donors (Lipinski definition) is 3. The molecule has 2 amide bonds. The molecule has 1 rings (SSSR count). The Labute approximate surface area is 126 Å². The predicted molar refractivity (Wildman–Crippen MR) is 86.2 cm³/mol. The van der Waals surface area contributed by atoms with Gasteiger partial charge in [-0.1, -0.05) is 33.3 Å². The minimum Gasteiger partial charge on any atom is -0.326 e. The Morgan fingerprint density at radius 1 is 1.19 bits per heavy atom. The van der Waals surface area contributed by atoms with Crippen LogP contribution in [-0.4, -0.2) is 17.9 Å². The molecule has 0 fully saturated rings. The highest BCUT2D eigenvalue weighted by Gasteiger charge is 2.20. The minimum absolute atomic E-state index is 0.0575. The van der Waals surface area contributed by atoms with E-state index in [0.29, 0.717) is 17.8 Å². The van der Waals surface area contributed by atoms with Crippen LogP contribution in [0.1, 0.15) is 39.2 Å². The molecule has 0 aromatic heterocycles. The lowest BCUT2D eigenvalue weighted by Gasteiger charge is -2.19. The Balaban J connectivity index is 2.87. The minimum atomic E-state index is -0.539. The summed E-state index contributed by atoms with van der Waals surface area (Å²) in [5.74, 6) is -0.141. The Bertz CT molecular complexity index is 514. The molecule has 2 unspecified atom stereocenters. The highest BCUT2D eigenvalue weighted by atomic mass is 16.2. The third kappa shape index (κ3) is 4.56. The van der Waals surface area contributed by atoms with E-state index in [2.05, 4.69) is 10.6 Å². The lowest BCUT2D eigenvalue weighted by molar-refractivity contribution is -0.118. The second-order valence-corrected chi connectivity index (χ2v) is 5.28. The van der Waals surface area contributed by atoms with E-state index >= 15 is 0 Å². The zero-order valence-electron chi connectivity index (χ0n) is 13.2. The highest BCUT2D eigenvalue weighted by molar-refractivity contribution is 5.97. The number of carbonyl (C=O) groups excluding carboxylic acids is 2. The van der Waals surface area contributed by atoms with Crippen LogP contribution in [0.25, 0.3) is 0 Å². The van der Waals surface area contributed by atoms with Gasteiger partial charge in [0.1, 0.15) is 0 Å². The molecule has 21 heavy (non-hydrogen) atoms. The van der Waals surface area contributed by atoms with Crippen LogP contribution in [0.2, 0.25) is 0 Å². The fourth-order valence-corrected chi connectivity index (χ4v) is 1.87. The molecule has 5 nitrogen and oxygen atoms in total. The van der Waals surface area contributed by atoms with Gasteiger partial charge in [0.2, 0.25) is 11.8 Å². The SMILES string of the molecule is CCC(=O)Nc1cccc(NC(=O)C(N)C(C)CC)c1C. The van der Waals surface area contributed by atoms with Crippen LogP contribution in [0.5, 0.6) is 0 Å². The van der Waals surface area contributed by atoms with Crippen molar-refractivity contribution >= 4 is 23.2 Å². The summed E-state index contributed by atoms with van der Waals surface area (Å²) < 4.78 is 0. The molecule has 0 bridgehead atoms. The maximum Gasteiger partial charge on any atom is 0.241 e. The summed E-state index contributed by atoms with van der Waals surface area (Å²) in [6, 6.07) is 4.87. The van der Waals surface area contributed by atoms with Crippen molar-refractivity contribution in [3.05, 3.63) is 23.8 Å². The molecule has 0 radical (unpaired) electrons. The van der Waals surface area contributed by atoms with Crippen molar-refractivity contribution in [3.63, 3.8) is 0 Å². The Morgan fingerprint density at radius 3 is 2.29 bits per heavy atom. The molecule has 0 aliphatic heterocycles. The molecule has 0 aliphatic rings. The first-order valence-electron chi connectivity index (χ1n) is 7.36. The van der Waals surface area contributed by atoms with Gasteiger partial charge in [-0.15, -0.1) is 0 Å². The zero-order chi connectivity index (χ0) is 16.0. The van der Waals surface area contributed by atoms with Crippen LogP contribution < -0.4 is 16.4 Å². The largest absolute Gasteiger partial charge is 0.326 e. The third-order valence-electron chi connectivity index (χ3n) is 3.75. The highest BCUT2D eigenvalue weighted by Crippen LogP contribution is 2.24. The van der Waals surface area contributed by atoms with E-state index in [0.717, 1.165) is 12.0 Å². The van der Waals surface area contributed by atoms with Gasteiger partial charge in [-0.25, -0.2) is 0 Å². The first-order valence-corrected chi connectivity index (χ1v) is 7.36. The van der Waals surface area contributed by atoms with Crippen LogP contribution in [0, 0.1) is 12.8 Å². The molecule has 1 aromatic carbocycles. The quantitative estimate of drug-likeness (QED) is 0.753. The van der Waals surface area contributed by atoms with Crippen molar-refractivity contribution in [2.75, 3.05) is 10.6 Å². The normalized spacial score (nSPS) is 13.4. The van der Waals surface area contributed by atoms with Crippen LogP contribution >= 0.6 is 0 Å².